The van der Waals surface area contributed by atoms with Crippen LogP contribution in [0.1, 0.15) is 5.56 Å². The highest BCUT2D eigenvalue weighted by molar-refractivity contribution is 5.36. The Labute approximate surface area is 113 Å². The van der Waals surface area contributed by atoms with Gasteiger partial charge in [0, 0.05) is 38.9 Å². The highest BCUT2D eigenvalue weighted by atomic mass is 15.3. The smallest absolute Gasteiger partial charge is 0.151 e. The van der Waals surface area contributed by atoms with Gasteiger partial charge < -0.3 is 4.90 Å². The Morgan fingerprint density at radius 1 is 0.895 bits per heavy atom. The van der Waals surface area contributed by atoms with Crippen molar-refractivity contribution in [3.8, 4) is 0 Å². The van der Waals surface area contributed by atoms with Crippen LogP contribution in [-0.4, -0.2) is 41.3 Å². The number of hydrogen-bond donors (Lipinski definition) is 0. The summed E-state index contributed by atoms with van der Waals surface area (Å²) in [5.74, 6) is 0.988. The summed E-state index contributed by atoms with van der Waals surface area (Å²) in [7, 11) is 0. The van der Waals surface area contributed by atoms with Crippen molar-refractivity contribution in [3.05, 3.63) is 54.2 Å². The topological polar surface area (TPSA) is 32.3 Å². The molecule has 2 aromatic rings. The zero-order valence-electron chi connectivity index (χ0n) is 10.9. The summed E-state index contributed by atoms with van der Waals surface area (Å²) in [5, 5.41) is 8.11. The van der Waals surface area contributed by atoms with Gasteiger partial charge in [-0.3, -0.25) is 4.90 Å². The van der Waals surface area contributed by atoms with Gasteiger partial charge in [-0.25, -0.2) is 0 Å². The minimum Gasteiger partial charge on any atom is -0.353 e. The van der Waals surface area contributed by atoms with Gasteiger partial charge in [0.2, 0.25) is 0 Å². The predicted octanol–water partition coefficient (Wildman–Crippen LogP) is 1.80. The van der Waals surface area contributed by atoms with Crippen molar-refractivity contribution in [1.29, 1.82) is 0 Å². The van der Waals surface area contributed by atoms with Crippen LogP contribution in [0.2, 0.25) is 0 Å². The minimum atomic E-state index is 0.988. The van der Waals surface area contributed by atoms with Crippen LogP contribution in [-0.2, 0) is 6.54 Å². The zero-order valence-corrected chi connectivity index (χ0v) is 10.9. The van der Waals surface area contributed by atoms with Gasteiger partial charge in [-0.05, 0) is 17.7 Å². The lowest BCUT2D eigenvalue weighted by Crippen LogP contribution is -2.46. The van der Waals surface area contributed by atoms with E-state index in [1.54, 1.807) is 6.20 Å². The maximum absolute atomic E-state index is 4.17. The molecule has 0 atom stereocenters. The van der Waals surface area contributed by atoms with Gasteiger partial charge in [-0.15, -0.1) is 5.10 Å². The lowest BCUT2D eigenvalue weighted by atomic mass is 10.2. The number of anilines is 1. The van der Waals surface area contributed by atoms with Crippen LogP contribution in [0.5, 0.6) is 0 Å². The third-order valence-electron chi connectivity index (χ3n) is 3.50. The molecule has 0 saturated carbocycles. The van der Waals surface area contributed by atoms with E-state index in [2.05, 4.69) is 50.3 Å². The molecule has 4 nitrogen and oxygen atoms in total. The Morgan fingerprint density at radius 2 is 1.68 bits per heavy atom. The summed E-state index contributed by atoms with van der Waals surface area (Å²) in [4.78, 5) is 4.79. The summed E-state index contributed by atoms with van der Waals surface area (Å²) in [6.07, 6.45) is 1.72. The van der Waals surface area contributed by atoms with E-state index in [1.165, 1.54) is 5.56 Å². The van der Waals surface area contributed by atoms with Gasteiger partial charge in [-0.1, -0.05) is 30.3 Å². The fourth-order valence-corrected chi connectivity index (χ4v) is 2.44. The molecule has 0 aliphatic carbocycles. The molecule has 0 unspecified atom stereocenters. The summed E-state index contributed by atoms with van der Waals surface area (Å²) in [6.45, 7) is 5.23. The molecule has 4 heteroatoms. The molecule has 3 rings (SSSR count). The molecular weight excluding hydrogens is 236 g/mol. The monoisotopic (exact) mass is 254 g/mol. The lowest BCUT2D eigenvalue weighted by molar-refractivity contribution is 0.249. The third-order valence-corrected chi connectivity index (χ3v) is 3.50. The first kappa shape index (κ1) is 12.1. The van der Waals surface area contributed by atoms with Crippen molar-refractivity contribution >= 4 is 5.82 Å². The standard InChI is InChI=1S/C15H18N4/c1-2-5-14(6-3-1)13-18-9-11-19(12-10-18)15-7-4-8-16-17-15/h1-8H,9-13H2. The molecule has 1 aromatic heterocycles. The van der Waals surface area contributed by atoms with Crippen LogP contribution in [0.4, 0.5) is 5.82 Å². The van der Waals surface area contributed by atoms with Gasteiger partial charge in [-0.2, -0.15) is 5.10 Å². The van der Waals surface area contributed by atoms with Crippen molar-refractivity contribution in [2.45, 2.75) is 6.54 Å². The fraction of sp³-hybridized carbons (Fsp3) is 0.333. The molecule has 1 aliphatic rings. The van der Waals surface area contributed by atoms with Crippen molar-refractivity contribution in [1.82, 2.24) is 15.1 Å². The van der Waals surface area contributed by atoms with Gasteiger partial charge in [0.15, 0.2) is 5.82 Å². The Kier molecular flexibility index (Phi) is 3.70. The van der Waals surface area contributed by atoms with Gasteiger partial charge in [0.05, 0.1) is 0 Å². The number of aromatic nitrogens is 2. The maximum Gasteiger partial charge on any atom is 0.151 e. The number of piperazine rings is 1. The second-order valence-corrected chi connectivity index (χ2v) is 4.83. The Morgan fingerprint density at radius 3 is 2.37 bits per heavy atom. The SMILES string of the molecule is c1ccc(CN2CCN(c3cccnn3)CC2)cc1. The normalized spacial score (nSPS) is 16.5. The molecule has 2 heterocycles. The molecule has 1 aliphatic heterocycles. The van der Waals surface area contributed by atoms with Crippen LogP contribution < -0.4 is 4.90 Å². The average Bonchev–Trinajstić information content (AvgIpc) is 2.50. The quantitative estimate of drug-likeness (QED) is 0.836. The fourth-order valence-electron chi connectivity index (χ4n) is 2.44. The summed E-state index contributed by atoms with van der Waals surface area (Å²) >= 11 is 0. The minimum absolute atomic E-state index is 0.988. The van der Waals surface area contributed by atoms with E-state index >= 15 is 0 Å². The third kappa shape index (κ3) is 3.09. The first-order valence-corrected chi connectivity index (χ1v) is 6.71. The number of hydrogen-bond acceptors (Lipinski definition) is 4. The Hall–Kier alpha value is -1.94. The van der Waals surface area contributed by atoms with E-state index in [-0.39, 0.29) is 0 Å². The van der Waals surface area contributed by atoms with Crippen LogP contribution in [0.3, 0.4) is 0 Å². The number of nitrogens with zero attached hydrogens (tertiary/aromatic N) is 4. The molecule has 19 heavy (non-hydrogen) atoms. The van der Waals surface area contributed by atoms with E-state index in [4.69, 9.17) is 0 Å². The van der Waals surface area contributed by atoms with Gasteiger partial charge in [0.1, 0.15) is 0 Å². The molecule has 0 amide bonds. The molecule has 1 saturated heterocycles. The molecule has 1 fully saturated rings. The molecule has 0 radical (unpaired) electrons. The summed E-state index contributed by atoms with van der Waals surface area (Å²) in [5.41, 5.74) is 1.38. The molecule has 98 valence electrons. The van der Waals surface area contributed by atoms with Crippen LogP contribution in [0.15, 0.2) is 48.7 Å². The highest BCUT2D eigenvalue weighted by Gasteiger charge is 2.17. The first-order chi connectivity index (χ1) is 9.42. The summed E-state index contributed by atoms with van der Waals surface area (Å²) < 4.78 is 0. The predicted molar refractivity (Wildman–Crippen MR) is 76.0 cm³/mol. The van der Waals surface area contributed by atoms with Crippen molar-refractivity contribution in [2.24, 2.45) is 0 Å². The highest BCUT2D eigenvalue weighted by Crippen LogP contribution is 2.13. The second kappa shape index (κ2) is 5.80. The largest absolute Gasteiger partial charge is 0.353 e. The Bertz CT molecular complexity index is 492. The molecule has 0 N–H and O–H groups in total. The molecule has 0 bridgehead atoms. The van der Waals surface area contributed by atoms with E-state index in [9.17, 15) is 0 Å². The number of rotatable bonds is 3. The maximum atomic E-state index is 4.17. The van der Waals surface area contributed by atoms with E-state index in [1.807, 2.05) is 12.1 Å². The number of benzene rings is 1. The van der Waals surface area contributed by atoms with E-state index < -0.39 is 0 Å². The van der Waals surface area contributed by atoms with Crippen LogP contribution >= 0.6 is 0 Å². The van der Waals surface area contributed by atoms with E-state index in [0.717, 1.165) is 38.5 Å². The van der Waals surface area contributed by atoms with Crippen molar-refractivity contribution in [3.63, 3.8) is 0 Å². The van der Waals surface area contributed by atoms with Crippen LogP contribution in [0.25, 0.3) is 0 Å². The molecule has 0 spiro atoms. The molecule has 1 aromatic carbocycles. The van der Waals surface area contributed by atoms with Gasteiger partial charge in [0.25, 0.3) is 0 Å². The van der Waals surface area contributed by atoms with E-state index in [0.29, 0.717) is 0 Å². The van der Waals surface area contributed by atoms with Gasteiger partial charge >= 0.3 is 0 Å². The average molecular weight is 254 g/mol. The lowest BCUT2D eigenvalue weighted by Gasteiger charge is -2.35. The summed E-state index contributed by atoms with van der Waals surface area (Å²) in [6, 6.07) is 14.6. The molecular formula is C15H18N4. The first-order valence-electron chi connectivity index (χ1n) is 6.71. The van der Waals surface area contributed by atoms with Crippen molar-refractivity contribution < 1.29 is 0 Å². The van der Waals surface area contributed by atoms with Crippen molar-refractivity contribution in [2.75, 3.05) is 31.1 Å². The van der Waals surface area contributed by atoms with Crippen LogP contribution in [0, 0.1) is 0 Å². The Balaban J connectivity index is 1.55. The second-order valence-electron chi connectivity index (χ2n) is 4.83. The zero-order chi connectivity index (χ0) is 12.9.